The highest BCUT2D eigenvalue weighted by Crippen LogP contribution is 2.40. The Labute approximate surface area is 151 Å². The summed E-state index contributed by atoms with van der Waals surface area (Å²) in [4.78, 5) is 25.2. The van der Waals surface area contributed by atoms with Crippen molar-refractivity contribution in [1.82, 2.24) is 5.32 Å². The van der Waals surface area contributed by atoms with E-state index in [0.717, 1.165) is 29.5 Å². The van der Waals surface area contributed by atoms with Gasteiger partial charge in [0.2, 0.25) is 5.91 Å². The summed E-state index contributed by atoms with van der Waals surface area (Å²) in [5, 5.41) is 3.02. The van der Waals surface area contributed by atoms with Crippen LogP contribution in [0.25, 0.3) is 0 Å². The third kappa shape index (κ3) is 4.42. The van der Waals surface area contributed by atoms with Crippen LogP contribution in [-0.4, -0.2) is 24.5 Å². The molecule has 1 saturated carbocycles. The molecule has 25 heavy (non-hydrogen) atoms. The Hall–Kier alpha value is -1.84. The van der Waals surface area contributed by atoms with E-state index in [9.17, 15) is 9.59 Å². The normalized spacial score (nSPS) is 18.5. The van der Waals surface area contributed by atoms with E-state index in [4.69, 9.17) is 4.74 Å². The fourth-order valence-electron chi connectivity index (χ4n) is 3.89. The van der Waals surface area contributed by atoms with Crippen molar-refractivity contribution in [3.8, 4) is 0 Å². The van der Waals surface area contributed by atoms with Gasteiger partial charge in [0.15, 0.2) is 0 Å². The SMILES string of the molecule is COC(=O)C1(NC(=O)Cc2c(C)cc(C)cc2C)CCC(C)(C)CC1. The lowest BCUT2D eigenvalue weighted by Crippen LogP contribution is -2.58. The molecule has 4 nitrogen and oxygen atoms in total. The first-order valence-corrected chi connectivity index (χ1v) is 9.05. The lowest BCUT2D eigenvalue weighted by Gasteiger charge is -2.42. The maximum Gasteiger partial charge on any atom is 0.331 e. The van der Waals surface area contributed by atoms with Gasteiger partial charge in [0.1, 0.15) is 5.54 Å². The molecule has 1 aromatic carbocycles. The number of hydrogen-bond acceptors (Lipinski definition) is 3. The van der Waals surface area contributed by atoms with Gasteiger partial charge in [-0.3, -0.25) is 4.79 Å². The second-order valence-electron chi connectivity index (χ2n) is 8.34. The van der Waals surface area contributed by atoms with Crippen molar-refractivity contribution < 1.29 is 14.3 Å². The summed E-state index contributed by atoms with van der Waals surface area (Å²) in [6.45, 7) is 10.5. The Bertz CT molecular complexity index is 643. The van der Waals surface area contributed by atoms with Gasteiger partial charge >= 0.3 is 5.97 Å². The van der Waals surface area contributed by atoms with E-state index in [0.29, 0.717) is 19.3 Å². The summed E-state index contributed by atoms with van der Waals surface area (Å²) < 4.78 is 5.02. The molecule has 4 heteroatoms. The number of carbonyl (C=O) groups is 2. The quantitative estimate of drug-likeness (QED) is 0.845. The van der Waals surface area contributed by atoms with Gasteiger partial charge in [-0.25, -0.2) is 4.79 Å². The smallest absolute Gasteiger partial charge is 0.331 e. The van der Waals surface area contributed by atoms with Gasteiger partial charge in [0, 0.05) is 0 Å². The van der Waals surface area contributed by atoms with Crippen LogP contribution in [-0.2, 0) is 20.7 Å². The second-order valence-corrected chi connectivity index (χ2v) is 8.34. The van der Waals surface area contributed by atoms with Gasteiger partial charge in [-0.2, -0.15) is 0 Å². The molecule has 1 N–H and O–H groups in total. The van der Waals surface area contributed by atoms with Crippen LogP contribution in [0.3, 0.4) is 0 Å². The molecule has 1 aromatic rings. The molecule has 0 saturated heterocycles. The van der Waals surface area contributed by atoms with E-state index in [1.165, 1.54) is 12.7 Å². The molecule has 138 valence electrons. The fourth-order valence-corrected chi connectivity index (χ4v) is 3.89. The number of aryl methyl sites for hydroxylation is 3. The number of esters is 1. The zero-order valence-corrected chi connectivity index (χ0v) is 16.4. The van der Waals surface area contributed by atoms with Crippen LogP contribution in [0.1, 0.15) is 61.8 Å². The predicted octanol–water partition coefficient (Wildman–Crippen LogP) is 3.78. The number of ether oxygens (including phenoxy) is 1. The Kier molecular flexibility index (Phi) is 5.60. The summed E-state index contributed by atoms with van der Waals surface area (Å²) in [5.41, 5.74) is 3.79. The number of rotatable bonds is 4. The van der Waals surface area contributed by atoms with E-state index in [2.05, 4.69) is 38.2 Å². The van der Waals surface area contributed by atoms with Gasteiger partial charge in [0.05, 0.1) is 13.5 Å². The average molecular weight is 345 g/mol. The zero-order chi connectivity index (χ0) is 18.8. The Morgan fingerprint density at radius 3 is 2.04 bits per heavy atom. The molecule has 0 unspecified atom stereocenters. The van der Waals surface area contributed by atoms with Crippen molar-refractivity contribution in [1.29, 1.82) is 0 Å². The summed E-state index contributed by atoms with van der Waals surface area (Å²) in [5.74, 6) is -0.436. The monoisotopic (exact) mass is 345 g/mol. The van der Waals surface area contributed by atoms with Crippen LogP contribution in [0.4, 0.5) is 0 Å². The predicted molar refractivity (Wildman–Crippen MR) is 99.5 cm³/mol. The fraction of sp³-hybridized carbons (Fsp3) is 0.619. The largest absolute Gasteiger partial charge is 0.467 e. The van der Waals surface area contributed by atoms with E-state index >= 15 is 0 Å². The first kappa shape index (κ1) is 19.5. The standard InChI is InChI=1S/C21H31NO3/c1-14-11-15(2)17(16(3)12-14)13-18(23)22-21(19(24)25-6)9-7-20(4,5)8-10-21/h11-12H,7-10,13H2,1-6H3,(H,22,23). The van der Waals surface area contributed by atoms with Crippen LogP contribution in [0.5, 0.6) is 0 Å². The number of methoxy groups -OCH3 is 1. The molecule has 0 aromatic heterocycles. The van der Waals surface area contributed by atoms with Crippen LogP contribution in [0, 0.1) is 26.2 Å². The number of nitrogens with one attached hydrogen (secondary N) is 1. The summed E-state index contributed by atoms with van der Waals surface area (Å²) in [7, 11) is 1.39. The summed E-state index contributed by atoms with van der Waals surface area (Å²) in [6.07, 6.45) is 3.34. The van der Waals surface area contributed by atoms with Gasteiger partial charge in [0.25, 0.3) is 0 Å². The summed E-state index contributed by atoms with van der Waals surface area (Å²) in [6, 6.07) is 4.18. The number of benzene rings is 1. The van der Waals surface area contributed by atoms with Gasteiger partial charge in [-0.05, 0) is 68.6 Å². The van der Waals surface area contributed by atoms with E-state index in [-0.39, 0.29) is 17.3 Å². The molecule has 0 bridgehead atoms. The second kappa shape index (κ2) is 7.19. The third-order valence-electron chi connectivity index (χ3n) is 5.59. The lowest BCUT2D eigenvalue weighted by atomic mass is 9.69. The summed E-state index contributed by atoms with van der Waals surface area (Å²) >= 11 is 0. The topological polar surface area (TPSA) is 55.4 Å². The highest BCUT2D eigenvalue weighted by molar-refractivity contribution is 5.89. The van der Waals surface area contributed by atoms with Crippen LogP contribution >= 0.6 is 0 Å². The molecule has 2 rings (SSSR count). The molecule has 0 aliphatic heterocycles. The van der Waals surface area contributed by atoms with E-state index < -0.39 is 5.54 Å². The first-order valence-electron chi connectivity index (χ1n) is 9.05. The van der Waals surface area contributed by atoms with Gasteiger partial charge in [-0.1, -0.05) is 31.5 Å². The highest BCUT2D eigenvalue weighted by atomic mass is 16.5. The average Bonchev–Trinajstić information content (AvgIpc) is 2.52. The van der Waals surface area contributed by atoms with Crippen molar-refractivity contribution in [3.63, 3.8) is 0 Å². The molecule has 0 heterocycles. The van der Waals surface area contributed by atoms with E-state index in [1.54, 1.807) is 0 Å². The van der Waals surface area contributed by atoms with Crippen LogP contribution < -0.4 is 5.32 Å². The number of amides is 1. The zero-order valence-electron chi connectivity index (χ0n) is 16.4. The van der Waals surface area contributed by atoms with Crippen LogP contribution in [0.2, 0.25) is 0 Å². The molecule has 0 atom stereocenters. The Morgan fingerprint density at radius 2 is 1.56 bits per heavy atom. The molecule has 0 spiro atoms. The van der Waals surface area contributed by atoms with Crippen molar-refractivity contribution >= 4 is 11.9 Å². The molecule has 1 amide bonds. The maximum absolute atomic E-state index is 12.7. The van der Waals surface area contributed by atoms with Crippen molar-refractivity contribution in [2.45, 2.75) is 72.3 Å². The molecule has 1 aliphatic rings. The first-order chi connectivity index (χ1) is 11.6. The molecule has 1 aliphatic carbocycles. The molecule has 0 radical (unpaired) electrons. The maximum atomic E-state index is 12.7. The minimum absolute atomic E-state index is 0.111. The van der Waals surface area contributed by atoms with Crippen molar-refractivity contribution in [3.05, 3.63) is 34.4 Å². The Balaban J connectivity index is 2.17. The molecular weight excluding hydrogens is 314 g/mol. The minimum atomic E-state index is -0.881. The van der Waals surface area contributed by atoms with Crippen LogP contribution in [0.15, 0.2) is 12.1 Å². The third-order valence-corrected chi connectivity index (χ3v) is 5.59. The van der Waals surface area contributed by atoms with Crippen molar-refractivity contribution in [2.24, 2.45) is 5.41 Å². The number of hydrogen-bond donors (Lipinski definition) is 1. The number of carbonyl (C=O) groups excluding carboxylic acids is 2. The van der Waals surface area contributed by atoms with Crippen molar-refractivity contribution in [2.75, 3.05) is 7.11 Å². The van der Waals surface area contributed by atoms with E-state index in [1.807, 2.05) is 13.8 Å². The highest BCUT2D eigenvalue weighted by Gasteiger charge is 2.46. The van der Waals surface area contributed by atoms with Gasteiger partial charge in [-0.15, -0.1) is 0 Å². The Morgan fingerprint density at radius 1 is 1.04 bits per heavy atom. The molecular formula is C21H31NO3. The molecule has 1 fully saturated rings. The van der Waals surface area contributed by atoms with Gasteiger partial charge < -0.3 is 10.1 Å². The lowest BCUT2D eigenvalue weighted by molar-refractivity contribution is -0.153. The minimum Gasteiger partial charge on any atom is -0.467 e.